The molecule has 9 heteroatoms. The summed E-state index contributed by atoms with van der Waals surface area (Å²) in [5.41, 5.74) is -0.558. The van der Waals surface area contributed by atoms with Crippen LogP contribution in [0, 0.1) is 42.2 Å². The molecule has 9 nitrogen and oxygen atoms in total. The van der Waals surface area contributed by atoms with Crippen molar-refractivity contribution in [3.8, 4) is 11.9 Å². The third-order valence-corrected chi connectivity index (χ3v) is 7.30. The Morgan fingerprint density at radius 3 is 2.23 bits per heavy atom. The zero-order valence-electron chi connectivity index (χ0n) is 24.0. The number of nitriles is 1. The standard InChI is InChI=1S/C30H42N6O3/c1-6-10-14-22(8-3)19-35(20-23(9-4)15-11-7-2)28(37)24-16-12-13-17-26(24)33-34-27-21(5)25(18-31)29(38)36(32)30(27)39/h13,17,22-23,38H,6-11,14-15,19-20,32H2,1-5H3. The topological polar surface area (TPSA) is 137 Å². The summed E-state index contributed by atoms with van der Waals surface area (Å²) in [7, 11) is 0. The average molecular weight is 535 g/mol. The summed E-state index contributed by atoms with van der Waals surface area (Å²) in [6, 6.07) is 10.8. The normalized spacial score (nSPS) is 12.6. The first kappa shape index (κ1) is 31.4. The molecule has 0 aliphatic rings. The van der Waals surface area contributed by atoms with Crippen LogP contribution in [0.1, 0.15) is 101 Å². The Morgan fingerprint density at radius 2 is 1.72 bits per heavy atom. The number of azo groups is 1. The number of pyridine rings is 1. The molecular formula is C30H42N6O3. The molecule has 1 heterocycles. The van der Waals surface area contributed by atoms with E-state index in [-0.39, 0.29) is 34.0 Å². The number of rotatable bonds is 15. The van der Waals surface area contributed by atoms with E-state index in [0.29, 0.717) is 29.6 Å². The van der Waals surface area contributed by atoms with Gasteiger partial charge >= 0.3 is 0 Å². The molecule has 2 atom stereocenters. The number of nitrogens with two attached hydrogens (primary N) is 1. The second kappa shape index (κ2) is 15.5. The van der Waals surface area contributed by atoms with Crippen LogP contribution in [0.5, 0.6) is 5.88 Å². The van der Waals surface area contributed by atoms with Gasteiger partial charge in [0, 0.05) is 18.7 Å². The van der Waals surface area contributed by atoms with E-state index in [0.717, 1.165) is 51.4 Å². The molecule has 2 rings (SSSR count). The van der Waals surface area contributed by atoms with Crippen LogP contribution in [0.15, 0.2) is 27.2 Å². The Hall–Kier alpha value is -3.85. The molecule has 39 heavy (non-hydrogen) atoms. The fraction of sp³-hybridized carbons (Fsp3) is 0.567. The number of carbonyl (C=O) groups excluding carboxylic acids is 1. The first-order valence-corrected chi connectivity index (χ1v) is 14.0. The van der Waals surface area contributed by atoms with Gasteiger partial charge in [-0.1, -0.05) is 78.4 Å². The Labute approximate surface area is 232 Å². The van der Waals surface area contributed by atoms with Crippen LogP contribution < -0.4 is 11.4 Å². The van der Waals surface area contributed by atoms with Gasteiger partial charge < -0.3 is 15.8 Å². The number of amides is 1. The highest BCUT2D eigenvalue weighted by molar-refractivity contribution is 5.98. The molecule has 0 fully saturated rings. The van der Waals surface area contributed by atoms with Gasteiger partial charge in [0.25, 0.3) is 11.5 Å². The molecule has 1 amide bonds. The summed E-state index contributed by atoms with van der Waals surface area (Å²) in [5, 5.41) is 27.7. The lowest BCUT2D eigenvalue weighted by molar-refractivity contribution is 0.0685. The van der Waals surface area contributed by atoms with Crippen molar-refractivity contribution >= 4 is 17.3 Å². The Kier molecular flexibility index (Phi) is 12.5. The number of carbonyl (C=O) groups is 1. The number of unbranched alkanes of at least 4 members (excludes halogenated alkanes) is 2. The third kappa shape index (κ3) is 8.07. The summed E-state index contributed by atoms with van der Waals surface area (Å²) in [6.45, 7) is 11.5. The molecule has 0 saturated heterocycles. The van der Waals surface area contributed by atoms with Gasteiger partial charge in [-0.05, 0) is 43.7 Å². The minimum Gasteiger partial charge on any atom is -0.492 e. The molecule has 1 aromatic heterocycles. The lowest BCUT2D eigenvalue weighted by atomic mass is 9.95. The van der Waals surface area contributed by atoms with Crippen LogP contribution in [0.25, 0.3) is 0 Å². The summed E-state index contributed by atoms with van der Waals surface area (Å²) < 4.78 is 0.459. The highest BCUT2D eigenvalue weighted by Gasteiger charge is 2.25. The van der Waals surface area contributed by atoms with Crippen molar-refractivity contribution in [2.24, 2.45) is 22.1 Å². The summed E-state index contributed by atoms with van der Waals surface area (Å²) in [6.07, 6.45) is 8.55. The number of nitrogen functional groups attached to an aromatic ring is 1. The van der Waals surface area contributed by atoms with Crippen molar-refractivity contribution in [3.63, 3.8) is 0 Å². The van der Waals surface area contributed by atoms with Crippen LogP contribution in [-0.2, 0) is 0 Å². The Balaban J connectivity index is 2.49. The van der Waals surface area contributed by atoms with E-state index in [1.165, 1.54) is 6.92 Å². The molecule has 0 saturated carbocycles. The fourth-order valence-corrected chi connectivity index (χ4v) is 4.62. The summed E-state index contributed by atoms with van der Waals surface area (Å²) in [5.74, 6) is 5.58. The minimum absolute atomic E-state index is 0.148. The van der Waals surface area contributed by atoms with E-state index < -0.39 is 11.4 Å². The zero-order valence-corrected chi connectivity index (χ0v) is 24.0. The summed E-state index contributed by atoms with van der Waals surface area (Å²) >= 11 is 0. The van der Waals surface area contributed by atoms with Crippen molar-refractivity contribution in [1.82, 2.24) is 9.58 Å². The monoisotopic (exact) mass is 534 g/mol. The molecular weight excluding hydrogens is 492 g/mol. The first-order chi connectivity index (χ1) is 18.7. The molecule has 3 N–H and O–H groups in total. The van der Waals surface area contributed by atoms with Crippen molar-refractivity contribution in [3.05, 3.63) is 51.3 Å². The van der Waals surface area contributed by atoms with Gasteiger partial charge in [-0.2, -0.15) is 9.94 Å². The second-order valence-electron chi connectivity index (χ2n) is 10.1. The van der Waals surface area contributed by atoms with E-state index in [2.05, 4.69) is 50.1 Å². The number of hydrogen-bond donors (Lipinski definition) is 2. The van der Waals surface area contributed by atoms with Gasteiger partial charge in [0.2, 0.25) is 5.88 Å². The smallest absolute Gasteiger partial charge is 0.299 e. The molecule has 2 unspecified atom stereocenters. The highest BCUT2D eigenvalue weighted by atomic mass is 16.3. The minimum atomic E-state index is -0.808. The number of aromatic nitrogens is 1. The van der Waals surface area contributed by atoms with Crippen LogP contribution in [0.3, 0.4) is 0 Å². The predicted octanol–water partition coefficient (Wildman–Crippen LogP) is 6.34. The molecule has 1 aromatic carbocycles. The molecule has 0 bridgehead atoms. The maximum absolute atomic E-state index is 14.0. The Morgan fingerprint density at radius 1 is 1.13 bits per heavy atom. The zero-order chi connectivity index (χ0) is 28.9. The van der Waals surface area contributed by atoms with E-state index in [9.17, 15) is 20.0 Å². The third-order valence-electron chi connectivity index (χ3n) is 7.30. The largest absolute Gasteiger partial charge is 0.492 e. The van der Waals surface area contributed by atoms with E-state index in [4.69, 9.17) is 5.84 Å². The van der Waals surface area contributed by atoms with Gasteiger partial charge in [-0.15, -0.1) is 10.2 Å². The van der Waals surface area contributed by atoms with Gasteiger partial charge in [0.1, 0.15) is 22.9 Å². The average Bonchev–Trinajstić information content (AvgIpc) is 2.95. The van der Waals surface area contributed by atoms with Crippen molar-refractivity contribution in [1.29, 1.82) is 5.26 Å². The van der Waals surface area contributed by atoms with E-state index in [1.54, 1.807) is 12.1 Å². The van der Waals surface area contributed by atoms with Crippen LogP contribution in [0.2, 0.25) is 0 Å². The molecule has 210 valence electrons. The van der Waals surface area contributed by atoms with Crippen LogP contribution in [0.4, 0.5) is 11.4 Å². The predicted molar refractivity (Wildman–Crippen MR) is 153 cm³/mol. The second-order valence-corrected chi connectivity index (χ2v) is 10.1. The maximum atomic E-state index is 14.0. The maximum Gasteiger partial charge on any atom is 0.299 e. The molecule has 0 aliphatic carbocycles. The van der Waals surface area contributed by atoms with E-state index in [1.807, 2.05) is 11.0 Å². The fourth-order valence-electron chi connectivity index (χ4n) is 4.62. The van der Waals surface area contributed by atoms with Crippen LogP contribution >= 0.6 is 0 Å². The number of hydrogen-bond acceptors (Lipinski definition) is 7. The Bertz CT molecular complexity index is 1210. The lowest BCUT2D eigenvalue weighted by Crippen LogP contribution is -2.39. The molecule has 2 aromatic rings. The van der Waals surface area contributed by atoms with Gasteiger partial charge in [-0.25, -0.2) is 0 Å². The van der Waals surface area contributed by atoms with Crippen LogP contribution in [-0.4, -0.2) is 33.7 Å². The number of aromatic hydroxyl groups is 1. The lowest BCUT2D eigenvalue weighted by Gasteiger charge is -2.30. The molecule has 0 spiro atoms. The highest BCUT2D eigenvalue weighted by Crippen LogP contribution is 2.28. The van der Waals surface area contributed by atoms with E-state index >= 15 is 0 Å². The van der Waals surface area contributed by atoms with Crippen molar-refractivity contribution in [2.45, 2.75) is 86.0 Å². The SMILES string of the molecule is CCCCC(CC)CN(CC(CC)CCCC)C(=O)c1c#cccc1N=Nc1c(C)c(C#N)c(O)n(N)c1=O. The molecule has 0 aliphatic heterocycles. The molecule has 0 radical (unpaired) electrons. The quantitative estimate of drug-likeness (QED) is 0.203. The van der Waals surface area contributed by atoms with Gasteiger partial charge in [-0.3, -0.25) is 9.59 Å². The van der Waals surface area contributed by atoms with Crippen molar-refractivity contribution in [2.75, 3.05) is 18.9 Å². The van der Waals surface area contributed by atoms with Gasteiger partial charge in [0.05, 0.1) is 0 Å². The first-order valence-electron chi connectivity index (χ1n) is 14.0. The number of nitrogens with zero attached hydrogens (tertiary/aromatic N) is 5. The van der Waals surface area contributed by atoms with Gasteiger partial charge in [0.15, 0.2) is 5.69 Å². The van der Waals surface area contributed by atoms with Crippen molar-refractivity contribution < 1.29 is 9.90 Å². The summed E-state index contributed by atoms with van der Waals surface area (Å²) in [4.78, 5) is 28.5.